The van der Waals surface area contributed by atoms with E-state index in [4.69, 9.17) is 0 Å². The molecule has 3 aromatic heterocycles. The quantitative estimate of drug-likeness (QED) is 0.173. The third-order valence-corrected chi connectivity index (χ3v) is 11.5. The summed E-state index contributed by atoms with van der Waals surface area (Å²) in [5.41, 5.74) is 14.4. The summed E-state index contributed by atoms with van der Waals surface area (Å²) in [6.07, 6.45) is 0. The van der Waals surface area contributed by atoms with Gasteiger partial charge in [0.15, 0.2) is 0 Å². The fraction of sp³-hybridized carbons (Fsp3) is 0.0769. The Bertz CT molecular complexity index is 3050. The standard InChI is InChI=1S/C52H39N3/c1-52(2,3)45-21-14-20-44-43-19-8-13-26-50(43)55(51(44)45)36-29-27-34(28-30-36)35-31-37(53-46-22-9-4-15-39(46)40-16-5-10-23-47(40)53)33-38(32-35)54-48-24-11-6-17-41(48)42-18-7-12-25-49(42)54/h4-33H,1-3H3. The lowest BCUT2D eigenvalue weighted by atomic mass is 9.85. The van der Waals surface area contributed by atoms with Crippen molar-refractivity contribution in [3.05, 3.63) is 188 Å². The van der Waals surface area contributed by atoms with Crippen LogP contribution in [0, 0.1) is 0 Å². The molecule has 0 amide bonds. The van der Waals surface area contributed by atoms with E-state index < -0.39 is 0 Å². The van der Waals surface area contributed by atoms with Crippen LogP contribution in [0.4, 0.5) is 0 Å². The zero-order valence-electron chi connectivity index (χ0n) is 31.2. The number of benzene rings is 8. The molecular weight excluding hydrogens is 667 g/mol. The van der Waals surface area contributed by atoms with Crippen molar-refractivity contribution in [2.45, 2.75) is 26.2 Å². The van der Waals surface area contributed by atoms with Gasteiger partial charge in [-0.15, -0.1) is 0 Å². The molecule has 262 valence electrons. The van der Waals surface area contributed by atoms with Crippen LogP contribution in [0.2, 0.25) is 0 Å². The van der Waals surface area contributed by atoms with Crippen LogP contribution in [0.15, 0.2) is 182 Å². The molecule has 3 nitrogen and oxygen atoms in total. The summed E-state index contributed by atoms with van der Waals surface area (Å²) in [6, 6.07) is 67.0. The normalized spacial score (nSPS) is 12.3. The van der Waals surface area contributed by atoms with Crippen molar-refractivity contribution in [1.29, 1.82) is 0 Å². The first-order chi connectivity index (χ1) is 26.9. The Labute approximate surface area is 319 Å². The maximum Gasteiger partial charge on any atom is 0.0578 e. The molecule has 0 fully saturated rings. The smallest absolute Gasteiger partial charge is 0.0578 e. The molecule has 0 unspecified atom stereocenters. The minimum Gasteiger partial charge on any atom is -0.309 e. The Kier molecular flexibility index (Phi) is 6.81. The molecule has 3 heterocycles. The van der Waals surface area contributed by atoms with E-state index in [2.05, 4.69) is 216 Å². The summed E-state index contributed by atoms with van der Waals surface area (Å²) in [5, 5.41) is 7.60. The molecule has 0 aliphatic rings. The average molecular weight is 706 g/mol. The van der Waals surface area contributed by atoms with E-state index >= 15 is 0 Å². The van der Waals surface area contributed by atoms with Gasteiger partial charge in [0.1, 0.15) is 0 Å². The van der Waals surface area contributed by atoms with Crippen LogP contribution in [0.1, 0.15) is 26.3 Å². The molecule has 0 saturated heterocycles. The van der Waals surface area contributed by atoms with Crippen LogP contribution in [-0.4, -0.2) is 13.7 Å². The molecule has 0 bridgehead atoms. The first-order valence-corrected chi connectivity index (χ1v) is 19.2. The maximum absolute atomic E-state index is 2.47. The zero-order valence-corrected chi connectivity index (χ0v) is 31.2. The van der Waals surface area contributed by atoms with E-state index in [9.17, 15) is 0 Å². The number of fused-ring (bicyclic) bond motifs is 9. The second-order valence-electron chi connectivity index (χ2n) is 15.8. The molecular formula is C52H39N3. The predicted octanol–water partition coefficient (Wildman–Crippen LogP) is 13.9. The molecule has 0 N–H and O–H groups in total. The van der Waals surface area contributed by atoms with Crippen molar-refractivity contribution in [2.24, 2.45) is 0 Å². The summed E-state index contributed by atoms with van der Waals surface area (Å²) < 4.78 is 7.34. The highest BCUT2D eigenvalue weighted by Crippen LogP contribution is 2.40. The van der Waals surface area contributed by atoms with Gasteiger partial charge in [-0.05, 0) is 82.8 Å². The topological polar surface area (TPSA) is 14.8 Å². The van der Waals surface area contributed by atoms with Gasteiger partial charge in [-0.2, -0.15) is 0 Å². The van der Waals surface area contributed by atoms with Gasteiger partial charge in [0, 0.05) is 49.4 Å². The fourth-order valence-corrected chi connectivity index (χ4v) is 9.12. The van der Waals surface area contributed by atoms with E-state index in [0.29, 0.717) is 0 Å². The first-order valence-electron chi connectivity index (χ1n) is 19.2. The van der Waals surface area contributed by atoms with E-state index in [1.165, 1.54) is 82.1 Å². The average Bonchev–Trinajstić information content (AvgIpc) is 3.86. The van der Waals surface area contributed by atoms with Crippen molar-refractivity contribution < 1.29 is 0 Å². The van der Waals surface area contributed by atoms with Gasteiger partial charge in [-0.25, -0.2) is 0 Å². The fourth-order valence-electron chi connectivity index (χ4n) is 9.12. The Morgan fingerprint density at radius 1 is 0.309 bits per heavy atom. The molecule has 0 atom stereocenters. The highest BCUT2D eigenvalue weighted by atomic mass is 15.0. The number of rotatable bonds is 4. The van der Waals surface area contributed by atoms with Crippen molar-refractivity contribution in [2.75, 3.05) is 0 Å². The Morgan fingerprint density at radius 2 is 0.691 bits per heavy atom. The lowest BCUT2D eigenvalue weighted by Gasteiger charge is -2.22. The number of hydrogen-bond acceptors (Lipinski definition) is 0. The summed E-state index contributed by atoms with van der Waals surface area (Å²) in [7, 11) is 0. The van der Waals surface area contributed by atoms with Crippen molar-refractivity contribution in [3.63, 3.8) is 0 Å². The van der Waals surface area contributed by atoms with E-state index in [0.717, 1.165) is 17.1 Å². The molecule has 0 spiro atoms. The second kappa shape index (κ2) is 11.8. The van der Waals surface area contributed by atoms with Crippen LogP contribution in [0.5, 0.6) is 0 Å². The SMILES string of the molecule is CC(C)(C)c1cccc2c3ccccc3n(-c3ccc(-c4cc(-n5c6ccccc6c6ccccc65)cc(-n5c6ccccc6c6ccccc65)c4)cc3)c12. The minimum absolute atomic E-state index is 0.0119. The van der Waals surface area contributed by atoms with Crippen LogP contribution in [0.25, 0.3) is 93.6 Å². The Morgan fingerprint density at radius 3 is 1.13 bits per heavy atom. The highest BCUT2D eigenvalue weighted by Gasteiger charge is 2.23. The van der Waals surface area contributed by atoms with Crippen LogP contribution >= 0.6 is 0 Å². The lowest BCUT2D eigenvalue weighted by molar-refractivity contribution is 0.594. The van der Waals surface area contributed by atoms with Crippen LogP contribution in [-0.2, 0) is 5.41 Å². The molecule has 11 aromatic rings. The summed E-state index contributed by atoms with van der Waals surface area (Å²) >= 11 is 0. The number of nitrogens with zero attached hydrogens (tertiary/aromatic N) is 3. The van der Waals surface area contributed by atoms with Gasteiger partial charge in [0.05, 0.1) is 33.1 Å². The zero-order chi connectivity index (χ0) is 36.8. The van der Waals surface area contributed by atoms with E-state index in [-0.39, 0.29) is 5.41 Å². The van der Waals surface area contributed by atoms with Gasteiger partial charge >= 0.3 is 0 Å². The molecule has 0 saturated carbocycles. The number of aromatic nitrogens is 3. The van der Waals surface area contributed by atoms with Gasteiger partial charge < -0.3 is 13.7 Å². The molecule has 0 aliphatic heterocycles. The predicted molar refractivity (Wildman–Crippen MR) is 234 cm³/mol. The summed E-state index contributed by atoms with van der Waals surface area (Å²) in [6.45, 7) is 6.93. The molecule has 3 heteroatoms. The molecule has 0 aliphatic carbocycles. The van der Waals surface area contributed by atoms with Gasteiger partial charge in [-0.3, -0.25) is 0 Å². The first kappa shape index (κ1) is 31.7. The van der Waals surface area contributed by atoms with Crippen LogP contribution < -0.4 is 0 Å². The van der Waals surface area contributed by atoms with Crippen molar-refractivity contribution >= 4 is 65.4 Å². The summed E-state index contributed by atoms with van der Waals surface area (Å²) in [4.78, 5) is 0. The molecule has 55 heavy (non-hydrogen) atoms. The Hall–Kier alpha value is -6.84. The molecule has 8 aromatic carbocycles. The van der Waals surface area contributed by atoms with Gasteiger partial charge in [0.2, 0.25) is 0 Å². The van der Waals surface area contributed by atoms with Crippen molar-refractivity contribution in [1.82, 2.24) is 13.7 Å². The number of para-hydroxylation sites is 6. The minimum atomic E-state index is -0.0119. The lowest BCUT2D eigenvalue weighted by Crippen LogP contribution is -2.13. The molecule has 11 rings (SSSR count). The van der Waals surface area contributed by atoms with Crippen LogP contribution in [0.3, 0.4) is 0 Å². The highest BCUT2D eigenvalue weighted by molar-refractivity contribution is 6.12. The van der Waals surface area contributed by atoms with Gasteiger partial charge in [-0.1, -0.05) is 142 Å². The third kappa shape index (κ3) is 4.76. The second-order valence-corrected chi connectivity index (χ2v) is 15.8. The number of hydrogen-bond donors (Lipinski definition) is 0. The van der Waals surface area contributed by atoms with E-state index in [1.54, 1.807) is 0 Å². The van der Waals surface area contributed by atoms with Gasteiger partial charge in [0.25, 0.3) is 0 Å². The summed E-state index contributed by atoms with van der Waals surface area (Å²) in [5.74, 6) is 0. The maximum atomic E-state index is 2.47. The Balaban J connectivity index is 1.17. The van der Waals surface area contributed by atoms with Crippen molar-refractivity contribution in [3.8, 4) is 28.2 Å². The third-order valence-electron chi connectivity index (χ3n) is 11.5. The monoisotopic (exact) mass is 705 g/mol. The largest absolute Gasteiger partial charge is 0.309 e. The molecule has 0 radical (unpaired) electrons. The van der Waals surface area contributed by atoms with E-state index in [1.807, 2.05) is 0 Å².